The molecule has 2 amide bonds. The number of phenols is 1. The van der Waals surface area contributed by atoms with Crippen molar-refractivity contribution in [2.24, 2.45) is 5.10 Å². The van der Waals surface area contributed by atoms with Gasteiger partial charge in [-0.2, -0.15) is 5.10 Å². The Morgan fingerprint density at radius 1 is 1.07 bits per heavy atom. The first kappa shape index (κ1) is 30.1. The second-order valence-corrected chi connectivity index (χ2v) is 12.7. The number of phenolic OH excluding ortho intramolecular Hbond substituents is 1. The van der Waals surface area contributed by atoms with Crippen molar-refractivity contribution in [3.63, 3.8) is 0 Å². The van der Waals surface area contributed by atoms with E-state index in [1.807, 2.05) is 43.3 Å². The van der Waals surface area contributed by atoms with E-state index in [0.717, 1.165) is 42.6 Å². The van der Waals surface area contributed by atoms with Crippen LogP contribution in [0.3, 0.4) is 0 Å². The van der Waals surface area contributed by atoms with Gasteiger partial charge in [0, 0.05) is 18.0 Å². The summed E-state index contributed by atoms with van der Waals surface area (Å²) in [5.74, 6) is 0.284. The minimum absolute atomic E-state index is 0.0696. The van der Waals surface area contributed by atoms with Gasteiger partial charge in [-0.15, -0.1) is 5.10 Å². The van der Waals surface area contributed by atoms with E-state index in [-0.39, 0.29) is 34.6 Å². The lowest BCUT2D eigenvalue weighted by Gasteiger charge is -2.30. The number of hydrogen-bond acceptors (Lipinski definition) is 9. The fraction of sp³-hybridized carbons (Fsp3) is 0.438. The lowest BCUT2D eigenvalue weighted by molar-refractivity contribution is -0.121. The van der Waals surface area contributed by atoms with Crippen LogP contribution in [0.4, 0.5) is 11.4 Å². The Morgan fingerprint density at radius 3 is 2.44 bits per heavy atom. The molecule has 2 aliphatic rings. The van der Waals surface area contributed by atoms with Crippen molar-refractivity contribution in [3.8, 4) is 5.75 Å². The lowest BCUT2D eigenvalue weighted by Crippen LogP contribution is -2.49. The number of imide groups is 1. The number of aromatic amines is 1. The molecule has 2 unspecified atom stereocenters. The third kappa shape index (κ3) is 6.22. The van der Waals surface area contributed by atoms with Gasteiger partial charge in [0.05, 0.1) is 11.4 Å². The van der Waals surface area contributed by atoms with Crippen molar-refractivity contribution >= 4 is 28.9 Å². The number of hydrogen-bond donors (Lipinski definition) is 3. The Balaban J connectivity index is 1.45. The van der Waals surface area contributed by atoms with Crippen molar-refractivity contribution in [2.45, 2.75) is 70.6 Å². The Bertz CT molecular complexity index is 1550. The molecule has 1 aliphatic carbocycles. The maximum absolute atomic E-state index is 13.8. The van der Waals surface area contributed by atoms with E-state index < -0.39 is 5.91 Å². The van der Waals surface area contributed by atoms with Gasteiger partial charge in [-0.25, -0.2) is 10.00 Å². The Morgan fingerprint density at radius 2 is 1.79 bits per heavy atom. The molecule has 11 heteroatoms. The summed E-state index contributed by atoms with van der Waals surface area (Å²) in [5.41, 5.74) is 6.77. The van der Waals surface area contributed by atoms with Crippen LogP contribution in [0.5, 0.6) is 5.75 Å². The number of nitrogens with zero attached hydrogens (tertiary/aromatic N) is 6. The number of nitrogens with one attached hydrogen (secondary N) is 2. The number of rotatable bonds is 7. The molecule has 3 N–H and O–H groups in total. The zero-order chi connectivity index (χ0) is 30.9. The average molecular weight is 585 g/mol. The van der Waals surface area contributed by atoms with Crippen LogP contribution in [0.1, 0.15) is 82.2 Å². The normalized spacial score (nSPS) is 20.8. The number of tetrazole rings is 1. The molecule has 1 saturated carbocycles. The van der Waals surface area contributed by atoms with Gasteiger partial charge in [-0.3, -0.25) is 15.0 Å². The quantitative estimate of drug-likeness (QED) is 0.203. The largest absolute Gasteiger partial charge is 0.505 e. The highest BCUT2D eigenvalue weighted by atomic mass is 16.3. The summed E-state index contributed by atoms with van der Waals surface area (Å²) in [6.07, 6.45) is 3.71. The fourth-order valence-electron chi connectivity index (χ4n) is 5.93. The van der Waals surface area contributed by atoms with Gasteiger partial charge in [-0.1, -0.05) is 51.5 Å². The van der Waals surface area contributed by atoms with Crippen LogP contribution in [0, 0.1) is 0 Å². The number of H-pyrrole nitrogens is 1. The molecule has 0 radical (unpaired) electrons. The second kappa shape index (κ2) is 12.1. The summed E-state index contributed by atoms with van der Waals surface area (Å²) >= 11 is 0. The Labute approximate surface area is 252 Å². The summed E-state index contributed by atoms with van der Waals surface area (Å²) in [7, 11) is 3.75. The molecule has 3 aromatic rings. The maximum Gasteiger partial charge on any atom is 0.286 e. The molecule has 0 saturated heterocycles. The number of aromatic hydroxyl groups is 1. The van der Waals surface area contributed by atoms with Crippen molar-refractivity contribution in [3.05, 3.63) is 70.6 Å². The topological polar surface area (TPSA) is 140 Å². The van der Waals surface area contributed by atoms with Crippen molar-refractivity contribution in [1.82, 2.24) is 25.5 Å². The molecule has 1 fully saturated rings. The van der Waals surface area contributed by atoms with E-state index in [1.165, 1.54) is 4.90 Å². The third-order valence-electron chi connectivity index (χ3n) is 8.36. The van der Waals surface area contributed by atoms with Gasteiger partial charge in [0.1, 0.15) is 5.75 Å². The van der Waals surface area contributed by atoms with E-state index >= 15 is 0 Å². The van der Waals surface area contributed by atoms with Gasteiger partial charge in [0.2, 0.25) is 0 Å². The molecule has 5 rings (SSSR count). The predicted molar refractivity (Wildman–Crippen MR) is 166 cm³/mol. The highest BCUT2D eigenvalue weighted by Crippen LogP contribution is 2.44. The van der Waals surface area contributed by atoms with E-state index in [4.69, 9.17) is 0 Å². The number of anilines is 2. The molecule has 1 aromatic heterocycles. The van der Waals surface area contributed by atoms with Crippen LogP contribution < -0.4 is 10.3 Å². The van der Waals surface area contributed by atoms with Crippen LogP contribution in [0.2, 0.25) is 0 Å². The van der Waals surface area contributed by atoms with Gasteiger partial charge in [0.15, 0.2) is 11.5 Å². The third-order valence-corrected chi connectivity index (χ3v) is 8.36. The number of aromatic nitrogens is 4. The minimum Gasteiger partial charge on any atom is -0.505 e. The first-order chi connectivity index (χ1) is 20.5. The Hall–Kier alpha value is -4.38. The molecule has 11 nitrogen and oxygen atoms in total. The predicted octanol–water partition coefficient (Wildman–Crippen LogP) is 4.86. The zero-order valence-corrected chi connectivity index (χ0v) is 25.7. The Kier molecular flexibility index (Phi) is 8.45. The fourth-order valence-corrected chi connectivity index (χ4v) is 5.93. The standard InChI is InChI=1S/C32H40N8O3/c1-19-25(18-39(5)6)30(42)40(23-15-13-22(14-16-23)32(2,3)4)31(43)27(19)34-33-26-12-8-11-24(28(26)41)20-9-7-10-21(17-20)29-35-37-38-36-29/h8,11-16,20-21,33,41H,7,9-10,17-18H2,1-6H3,(H,35,36,37,38). The van der Waals surface area contributed by atoms with E-state index in [9.17, 15) is 14.7 Å². The van der Waals surface area contributed by atoms with Gasteiger partial charge in [0.25, 0.3) is 11.8 Å². The molecular weight excluding hydrogens is 544 g/mol. The summed E-state index contributed by atoms with van der Waals surface area (Å²) in [4.78, 5) is 30.6. The van der Waals surface area contributed by atoms with E-state index in [1.54, 1.807) is 25.1 Å². The smallest absolute Gasteiger partial charge is 0.286 e. The lowest BCUT2D eigenvalue weighted by atomic mass is 9.77. The van der Waals surface area contributed by atoms with Gasteiger partial charge < -0.3 is 10.0 Å². The molecule has 2 atom stereocenters. The SMILES string of the molecule is CC1=C(CN(C)C)C(=O)N(c2ccc(C(C)(C)C)cc2)C(=O)C1=NNc1cccc(C2CCCC(c3nnn[nH]3)C2)c1O. The number of carbonyl (C=O) groups is 2. The first-order valence-electron chi connectivity index (χ1n) is 14.7. The highest BCUT2D eigenvalue weighted by molar-refractivity contribution is 6.57. The summed E-state index contributed by atoms with van der Waals surface area (Å²) in [6, 6.07) is 13.0. The zero-order valence-electron chi connectivity index (χ0n) is 25.7. The number of carbonyl (C=O) groups excluding carboxylic acids is 2. The molecule has 2 aromatic carbocycles. The summed E-state index contributed by atoms with van der Waals surface area (Å²) in [6.45, 7) is 8.43. The van der Waals surface area contributed by atoms with Crippen LogP contribution in [-0.2, 0) is 15.0 Å². The number of hydrazone groups is 1. The minimum atomic E-state index is -0.521. The number of benzene rings is 2. The molecule has 0 bridgehead atoms. The molecule has 1 aliphatic heterocycles. The number of para-hydroxylation sites is 1. The molecule has 0 spiro atoms. The highest BCUT2D eigenvalue weighted by Gasteiger charge is 2.38. The van der Waals surface area contributed by atoms with Crippen molar-refractivity contribution in [2.75, 3.05) is 31.0 Å². The monoisotopic (exact) mass is 584 g/mol. The summed E-state index contributed by atoms with van der Waals surface area (Å²) in [5, 5.41) is 30.2. The van der Waals surface area contributed by atoms with Crippen molar-refractivity contribution in [1.29, 1.82) is 0 Å². The number of amides is 2. The first-order valence-corrected chi connectivity index (χ1v) is 14.7. The molecular formula is C32H40N8O3. The molecule has 226 valence electrons. The maximum atomic E-state index is 13.8. The second-order valence-electron chi connectivity index (χ2n) is 12.7. The molecule has 2 heterocycles. The van der Waals surface area contributed by atoms with Crippen LogP contribution in [-0.4, -0.2) is 68.8 Å². The van der Waals surface area contributed by atoms with E-state index in [2.05, 4.69) is 51.9 Å². The van der Waals surface area contributed by atoms with E-state index in [0.29, 0.717) is 29.1 Å². The van der Waals surface area contributed by atoms with Crippen molar-refractivity contribution < 1.29 is 14.7 Å². The van der Waals surface area contributed by atoms with Crippen LogP contribution in [0.25, 0.3) is 0 Å². The van der Waals surface area contributed by atoms with Crippen LogP contribution >= 0.6 is 0 Å². The van der Waals surface area contributed by atoms with Gasteiger partial charge >= 0.3 is 0 Å². The number of likely N-dealkylation sites (N-methyl/N-ethyl adjacent to an activating group) is 1. The summed E-state index contributed by atoms with van der Waals surface area (Å²) < 4.78 is 0. The molecule has 43 heavy (non-hydrogen) atoms. The van der Waals surface area contributed by atoms with Crippen LogP contribution in [0.15, 0.2) is 58.7 Å². The van der Waals surface area contributed by atoms with Gasteiger partial charge in [-0.05, 0) is 96.9 Å². The average Bonchev–Trinajstić information content (AvgIpc) is 3.51.